The first kappa shape index (κ1) is 23.5. The Labute approximate surface area is 223 Å². The van der Waals surface area contributed by atoms with Crippen molar-refractivity contribution in [2.45, 2.75) is 38.0 Å². The van der Waals surface area contributed by atoms with Gasteiger partial charge in [-0.25, -0.2) is 9.97 Å². The molecule has 1 heterocycles. The van der Waals surface area contributed by atoms with Gasteiger partial charge in [0.15, 0.2) is 5.75 Å². The SMILES string of the molecule is CC1(C)C2CCC1(C(=O)Nc1cc(Cl)ccc1Oc1ccccc1)c1nc3cc(Cl)c(Cl)cc3nc12. The lowest BCUT2D eigenvalue weighted by atomic mass is 9.67. The number of fused-ring (bicyclic) bond motifs is 6. The van der Waals surface area contributed by atoms with Crippen molar-refractivity contribution in [3.05, 3.63) is 87.1 Å². The predicted octanol–water partition coefficient (Wildman–Crippen LogP) is 8.18. The number of ether oxygens (including phenoxy) is 1. The zero-order valence-corrected chi connectivity index (χ0v) is 21.9. The topological polar surface area (TPSA) is 64.1 Å². The summed E-state index contributed by atoms with van der Waals surface area (Å²) in [5.41, 5.74) is 2.10. The molecule has 1 amide bonds. The molecule has 2 atom stereocenters. The van der Waals surface area contributed by atoms with E-state index >= 15 is 0 Å². The monoisotopic (exact) mass is 537 g/mol. The standard InChI is InChI=1S/C28H22Cl3N3O2/c1-27(2)17-10-11-28(27,25-24(17)32-20-13-18(30)19(31)14-21(20)33-25)26(35)34-22-12-15(29)8-9-23(22)36-16-6-4-3-5-7-16/h3-9,12-14,17H,10-11H2,1-2H3,(H,34,35). The van der Waals surface area contributed by atoms with E-state index in [1.807, 2.05) is 30.3 Å². The van der Waals surface area contributed by atoms with Crippen LogP contribution in [0.5, 0.6) is 11.5 Å². The van der Waals surface area contributed by atoms with Crippen LogP contribution < -0.4 is 10.1 Å². The number of hydrogen-bond donors (Lipinski definition) is 1. The molecule has 1 saturated carbocycles. The van der Waals surface area contributed by atoms with Crippen LogP contribution in [0.25, 0.3) is 11.0 Å². The molecule has 1 aromatic heterocycles. The van der Waals surface area contributed by atoms with Crippen molar-refractivity contribution in [1.29, 1.82) is 0 Å². The van der Waals surface area contributed by atoms with Crippen molar-refractivity contribution in [1.82, 2.24) is 9.97 Å². The summed E-state index contributed by atoms with van der Waals surface area (Å²) in [5, 5.41) is 4.46. The third-order valence-electron chi connectivity index (χ3n) is 7.80. The molecule has 2 unspecified atom stereocenters. The summed E-state index contributed by atoms with van der Waals surface area (Å²) in [6.07, 6.45) is 1.51. The Hall–Kier alpha value is -2.86. The zero-order chi connectivity index (χ0) is 25.2. The van der Waals surface area contributed by atoms with E-state index in [0.29, 0.717) is 55.4 Å². The summed E-state index contributed by atoms with van der Waals surface area (Å²) >= 11 is 18.8. The molecule has 8 heteroatoms. The molecule has 0 radical (unpaired) electrons. The van der Waals surface area contributed by atoms with E-state index in [-0.39, 0.29) is 11.8 Å². The van der Waals surface area contributed by atoms with Gasteiger partial charge in [0.05, 0.1) is 43.6 Å². The Morgan fingerprint density at radius 3 is 2.39 bits per heavy atom. The predicted molar refractivity (Wildman–Crippen MR) is 144 cm³/mol. The van der Waals surface area contributed by atoms with E-state index in [4.69, 9.17) is 49.5 Å². The number of amides is 1. The van der Waals surface area contributed by atoms with E-state index in [1.165, 1.54) is 0 Å². The number of para-hydroxylation sites is 1. The van der Waals surface area contributed by atoms with Crippen molar-refractivity contribution in [2.24, 2.45) is 5.41 Å². The second-order valence-electron chi connectivity index (χ2n) is 9.94. The largest absolute Gasteiger partial charge is 0.455 e. The third kappa shape index (κ3) is 3.41. The Balaban J connectivity index is 1.44. The number of benzene rings is 3. The maximum Gasteiger partial charge on any atom is 0.237 e. The van der Waals surface area contributed by atoms with Crippen LogP contribution in [0.1, 0.15) is 44.0 Å². The molecule has 0 aliphatic heterocycles. The van der Waals surface area contributed by atoms with Crippen molar-refractivity contribution >= 4 is 57.4 Å². The minimum absolute atomic E-state index is 0.101. The quantitative estimate of drug-likeness (QED) is 0.284. The molecular formula is C28H22Cl3N3O2. The minimum Gasteiger partial charge on any atom is -0.455 e. The summed E-state index contributed by atoms with van der Waals surface area (Å²) in [5.74, 6) is 1.12. The van der Waals surface area contributed by atoms with Crippen LogP contribution in [0.4, 0.5) is 5.69 Å². The van der Waals surface area contributed by atoms with E-state index in [1.54, 1.807) is 30.3 Å². The van der Waals surface area contributed by atoms with Crippen molar-refractivity contribution in [3.63, 3.8) is 0 Å². The van der Waals surface area contributed by atoms with Crippen molar-refractivity contribution in [3.8, 4) is 11.5 Å². The van der Waals surface area contributed by atoms with Crippen LogP contribution in [-0.4, -0.2) is 15.9 Å². The maximum absolute atomic E-state index is 14.2. The van der Waals surface area contributed by atoms with Crippen LogP contribution >= 0.6 is 34.8 Å². The molecule has 2 aliphatic rings. The lowest BCUT2D eigenvalue weighted by Crippen LogP contribution is -2.46. The smallest absolute Gasteiger partial charge is 0.237 e. The number of rotatable bonds is 4. The molecule has 0 spiro atoms. The average Bonchev–Trinajstić information content (AvgIpc) is 3.22. The number of carbonyl (C=O) groups excluding carboxylic acids is 1. The highest BCUT2D eigenvalue weighted by Gasteiger charge is 2.68. The highest BCUT2D eigenvalue weighted by molar-refractivity contribution is 6.42. The van der Waals surface area contributed by atoms with Gasteiger partial charge in [0.25, 0.3) is 0 Å². The van der Waals surface area contributed by atoms with E-state index in [2.05, 4.69) is 19.2 Å². The second kappa shape index (κ2) is 8.34. The molecule has 5 nitrogen and oxygen atoms in total. The van der Waals surface area contributed by atoms with Gasteiger partial charge in [0.2, 0.25) is 5.91 Å². The van der Waals surface area contributed by atoms with Crippen LogP contribution in [0.3, 0.4) is 0 Å². The molecular weight excluding hydrogens is 517 g/mol. The lowest BCUT2D eigenvalue weighted by Gasteiger charge is -2.36. The molecule has 6 rings (SSSR count). The van der Waals surface area contributed by atoms with Gasteiger partial charge in [0.1, 0.15) is 5.75 Å². The third-order valence-corrected chi connectivity index (χ3v) is 8.75. The highest BCUT2D eigenvalue weighted by atomic mass is 35.5. The number of halogens is 3. The first-order chi connectivity index (χ1) is 17.2. The number of nitrogens with zero attached hydrogens (tertiary/aromatic N) is 2. The number of aromatic nitrogens is 2. The Morgan fingerprint density at radius 2 is 1.67 bits per heavy atom. The molecule has 1 N–H and O–H groups in total. The number of hydrogen-bond acceptors (Lipinski definition) is 4. The minimum atomic E-state index is -0.868. The molecule has 3 aromatic carbocycles. The van der Waals surface area contributed by atoms with Crippen LogP contribution in [0.15, 0.2) is 60.7 Å². The van der Waals surface area contributed by atoms with Gasteiger partial charge in [-0.05, 0) is 60.7 Å². The van der Waals surface area contributed by atoms with E-state index in [9.17, 15) is 4.79 Å². The van der Waals surface area contributed by atoms with Crippen LogP contribution in [-0.2, 0) is 10.2 Å². The van der Waals surface area contributed by atoms with Gasteiger partial charge in [-0.1, -0.05) is 66.8 Å². The number of nitrogens with one attached hydrogen (secondary N) is 1. The first-order valence-electron chi connectivity index (χ1n) is 11.7. The second-order valence-corrected chi connectivity index (χ2v) is 11.2. The number of carbonyl (C=O) groups is 1. The van der Waals surface area contributed by atoms with Crippen molar-refractivity contribution in [2.75, 3.05) is 5.32 Å². The molecule has 0 saturated heterocycles. The molecule has 2 aliphatic carbocycles. The summed E-state index contributed by atoms with van der Waals surface area (Å²) in [6, 6.07) is 18.0. The molecule has 36 heavy (non-hydrogen) atoms. The van der Waals surface area contributed by atoms with Crippen LogP contribution in [0, 0.1) is 5.41 Å². The van der Waals surface area contributed by atoms with E-state index < -0.39 is 10.8 Å². The Kier molecular flexibility index (Phi) is 5.45. The summed E-state index contributed by atoms with van der Waals surface area (Å²) in [7, 11) is 0. The number of anilines is 1. The molecule has 1 fully saturated rings. The molecule has 4 aromatic rings. The van der Waals surface area contributed by atoms with Gasteiger partial charge in [0, 0.05) is 10.9 Å². The van der Waals surface area contributed by atoms with Gasteiger partial charge in [-0.3, -0.25) is 4.79 Å². The summed E-state index contributed by atoms with van der Waals surface area (Å²) in [4.78, 5) is 24.1. The first-order valence-corrected chi connectivity index (χ1v) is 12.9. The Bertz CT molecular complexity index is 1540. The molecule has 182 valence electrons. The summed E-state index contributed by atoms with van der Waals surface area (Å²) in [6.45, 7) is 4.25. The lowest BCUT2D eigenvalue weighted by molar-refractivity contribution is -0.124. The summed E-state index contributed by atoms with van der Waals surface area (Å²) < 4.78 is 6.08. The zero-order valence-electron chi connectivity index (χ0n) is 19.6. The highest BCUT2D eigenvalue weighted by Crippen LogP contribution is 2.67. The molecule has 2 bridgehead atoms. The van der Waals surface area contributed by atoms with E-state index in [0.717, 1.165) is 12.1 Å². The fourth-order valence-corrected chi connectivity index (χ4v) is 6.40. The van der Waals surface area contributed by atoms with Gasteiger partial charge in [-0.15, -0.1) is 0 Å². The van der Waals surface area contributed by atoms with Gasteiger partial charge < -0.3 is 10.1 Å². The fraction of sp³-hybridized carbons (Fsp3) is 0.250. The Morgan fingerprint density at radius 1 is 0.972 bits per heavy atom. The van der Waals surface area contributed by atoms with Crippen molar-refractivity contribution < 1.29 is 9.53 Å². The maximum atomic E-state index is 14.2. The normalized spacial score (nSPS) is 21.4. The average molecular weight is 539 g/mol. The van der Waals surface area contributed by atoms with Crippen LogP contribution in [0.2, 0.25) is 15.1 Å². The fourth-order valence-electron chi connectivity index (χ4n) is 5.91. The van der Waals surface area contributed by atoms with Gasteiger partial charge >= 0.3 is 0 Å². The van der Waals surface area contributed by atoms with Gasteiger partial charge in [-0.2, -0.15) is 0 Å².